The zero-order chi connectivity index (χ0) is 15.5. The normalized spacial score (nSPS) is 12.3. The topological polar surface area (TPSA) is 54.7 Å². The van der Waals surface area contributed by atoms with Crippen molar-refractivity contribution >= 4 is 11.8 Å². The van der Waals surface area contributed by atoms with Gasteiger partial charge >= 0.3 is 0 Å². The number of benzene rings is 2. The largest absolute Gasteiger partial charge is 0.319 e. The molecule has 0 aliphatic rings. The van der Waals surface area contributed by atoms with Crippen LogP contribution in [0.3, 0.4) is 0 Å². The third-order valence-electron chi connectivity index (χ3n) is 3.55. The summed E-state index contributed by atoms with van der Waals surface area (Å²) in [5, 5.41) is 7.29. The van der Waals surface area contributed by atoms with Crippen molar-refractivity contribution in [3.63, 3.8) is 0 Å². The fourth-order valence-corrected chi connectivity index (χ4v) is 2.66. The zero-order valence-corrected chi connectivity index (χ0v) is 12.9. The second-order valence-corrected chi connectivity index (χ2v) is 5.85. The van der Waals surface area contributed by atoms with E-state index in [0.29, 0.717) is 0 Å². The Morgan fingerprint density at radius 3 is 2.41 bits per heavy atom. The molecule has 112 valence electrons. The summed E-state index contributed by atoms with van der Waals surface area (Å²) in [6.07, 6.45) is 2.05. The molecule has 3 aromatic rings. The van der Waals surface area contributed by atoms with Gasteiger partial charge in [-0.2, -0.15) is 5.10 Å². The molecule has 0 spiro atoms. The van der Waals surface area contributed by atoms with Gasteiger partial charge in [-0.3, -0.25) is 5.10 Å². The lowest BCUT2D eigenvalue weighted by atomic mass is 10.0. The maximum atomic E-state index is 13.0. The molecule has 1 atom stereocenters. The Bertz CT molecular complexity index is 750. The highest BCUT2D eigenvalue weighted by molar-refractivity contribution is 7.98. The third-order valence-corrected chi connectivity index (χ3v) is 4.29. The summed E-state index contributed by atoms with van der Waals surface area (Å²) < 4.78 is 13.0. The minimum absolute atomic E-state index is 0.268. The van der Waals surface area contributed by atoms with Crippen molar-refractivity contribution in [2.24, 2.45) is 5.73 Å². The number of aromatic amines is 1. The Morgan fingerprint density at radius 1 is 1.09 bits per heavy atom. The van der Waals surface area contributed by atoms with Crippen molar-refractivity contribution < 1.29 is 4.39 Å². The molecular weight excluding hydrogens is 297 g/mol. The van der Waals surface area contributed by atoms with Crippen LogP contribution in [0.15, 0.2) is 59.5 Å². The number of thioether (sulfide) groups is 1. The molecule has 5 heteroatoms. The second kappa shape index (κ2) is 6.34. The van der Waals surface area contributed by atoms with Gasteiger partial charge in [-0.1, -0.05) is 24.3 Å². The molecule has 3 N–H and O–H groups in total. The molecule has 0 fully saturated rings. The minimum atomic E-state index is -0.354. The SMILES string of the molecule is CSc1ccc(-c2cc(C(N)c3ccc(F)cc3)[nH]n2)cc1. The van der Waals surface area contributed by atoms with E-state index in [4.69, 9.17) is 5.73 Å². The maximum absolute atomic E-state index is 13.0. The van der Waals surface area contributed by atoms with Crippen LogP contribution in [-0.4, -0.2) is 16.5 Å². The van der Waals surface area contributed by atoms with E-state index in [0.717, 1.165) is 22.5 Å². The first-order valence-electron chi connectivity index (χ1n) is 6.88. The summed E-state index contributed by atoms with van der Waals surface area (Å²) in [4.78, 5) is 1.21. The number of aromatic nitrogens is 2. The van der Waals surface area contributed by atoms with Crippen LogP contribution < -0.4 is 5.73 Å². The van der Waals surface area contributed by atoms with Gasteiger partial charge in [0.25, 0.3) is 0 Å². The van der Waals surface area contributed by atoms with Gasteiger partial charge in [-0.05, 0) is 42.2 Å². The van der Waals surface area contributed by atoms with Gasteiger partial charge < -0.3 is 5.73 Å². The highest BCUT2D eigenvalue weighted by Crippen LogP contribution is 2.25. The van der Waals surface area contributed by atoms with Crippen molar-refractivity contribution in [1.82, 2.24) is 10.2 Å². The molecule has 0 bridgehead atoms. The van der Waals surface area contributed by atoms with E-state index in [1.165, 1.54) is 17.0 Å². The lowest BCUT2D eigenvalue weighted by Crippen LogP contribution is -2.12. The average Bonchev–Trinajstić information content (AvgIpc) is 3.05. The number of halogens is 1. The molecular formula is C17H16FN3S. The number of hydrogen-bond donors (Lipinski definition) is 2. The molecule has 1 aromatic heterocycles. The monoisotopic (exact) mass is 313 g/mol. The van der Waals surface area contributed by atoms with Gasteiger partial charge in [-0.15, -0.1) is 11.8 Å². The predicted octanol–water partition coefficient (Wildman–Crippen LogP) is 3.99. The summed E-state index contributed by atoms with van der Waals surface area (Å²) in [5.74, 6) is -0.268. The van der Waals surface area contributed by atoms with Crippen LogP contribution in [0.1, 0.15) is 17.3 Å². The lowest BCUT2D eigenvalue weighted by Gasteiger charge is -2.09. The standard InChI is InChI=1S/C17H16FN3S/c1-22-14-8-4-11(5-9-14)15-10-16(21-20-15)17(19)12-2-6-13(18)7-3-12/h2-10,17H,19H2,1H3,(H,20,21). The Balaban J connectivity index is 1.84. The van der Waals surface area contributed by atoms with E-state index in [9.17, 15) is 4.39 Å². The van der Waals surface area contributed by atoms with Gasteiger partial charge in [-0.25, -0.2) is 4.39 Å². The lowest BCUT2D eigenvalue weighted by molar-refractivity contribution is 0.626. The zero-order valence-electron chi connectivity index (χ0n) is 12.1. The molecule has 1 unspecified atom stereocenters. The van der Waals surface area contributed by atoms with Crippen LogP contribution in [-0.2, 0) is 0 Å². The van der Waals surface area contributed by atoms with Crippen molar-refractivity contribution in [2.75, 3.05) is 6.26 Å². The van der Waals surface area contributed by atoms with Crippen molar-refractivity contribution in [3.05, 3.63) is 71.7 Å². The molecule has 1 heterocycles. The Morgan fingerprint density at radius 2 is 1.77 bits per heavy atom. The van der Waals surface area contributed by atoms with E-state index in [2.05, 4.69) is 22.3 Å². The van der Waals surface area contributed by atoms with Crippen LogP contribution >= 0.6 is 11.8 Å². The molecule has 0 radical (unpaired) electrons. The summed E-state index contributed by atoms with van der Waals surface area (Å²) >= 11 is 1.70. The summed E-state index contributed by atoms with van der Waals surface area (Å²) in [6, 6.07) is 16.0. The van der Waals surface area contributed by atoms with Crippen LogP contribution in [0.25, 0.3) is 11.3 Å². The van der Waals surface area contributed by atoms with Crippen molar-refractivity contribution in [1.29, 1.82) is 0 Å². The van der Waals surface area contributed by atoms with Gasteiger partial charge in [0, 0.05) is 10.5 Å². The molecule has 22 heavy (non-hydrogen) atoms. The van der Waals surface area contributed by atoms with Crippen LogP contribution in [0.5, 0.6) is 0 Å². The van der Waals surface area contributed by atoms with Crippen LogP contribution in [0, 0.1) is 5.82 Å². The molecule has 0 aliphatic carbocycles. The number of nitrogens with two attached hydrogens (primary N) is 1. The fourth-order valence-electron chi connectivity index (χ4n) is 2.26. The van der Waals surface area contributed by atoms with E-state index >= 15 is 0 Å². The van der Waals surface area contributed by atoms with E-state index in [-0.39, 0.29) is 11.9 Å². The smallest absolute Gasteiger partial charge is 0.123 e. The first-order valence-corrected chi connectivity index (χ1v) is 8.10. The van der Waals surface area contributed by atoms with Gasteiger partial charge in [0.15, 0.2) is 0 Å². The molecule has 2 aromatic carbocycles. The molecule has 0 aliphatic heterocycles. The Kier molecular flexibility index (Phi) is 4.27. The summed E-state index contributed by atoms with van der Waals surface area (Å²) in [5.41, 5.74) is 9.73. The molecule has 0 saturated carbocycles. The number of nitrogens with one attached hydrogen (secondary N) is 1. The summed E-state index contributed by atoms with van der Waals surface area (Å²) in [7, 11) is 0. The Labute approximate surface area is 132 Å². The van der Waals surface area contributed by atoms with Crippen molar-refractivity contribution in [2.45, 2.75) is 10.9 Å². The minimum Gasteiger partial charge on any atom is -0.319 e. The van der Waals surface area contributed by atoms with Gasteiger partial charge in [0.1, 0.15) is 5.82 Å². The Hall–Kier alpha value is -2.11. The van der Waals surface area contributed by atoms with Gasteiger partial charge in [0.05, 0.1) is 17.4 Å². The third kappa shape index (κ3) is 3.05. The number of H-pyrrole nitrogens is 1. The highest BCUT2D eigenvalue weighted by Gasteiger charge is 2.13. The first-order chi connectivity index (χ1) is 10.7. The van der Waals surface area contributed by atoms with Gasteiger partial charge in [0.2, 0.25) is 0 Å². The van der Waals surface area contributed by atoms with Crippen molar-refractivity contribution in [3.8, 4) is 11.3 Å². The average molecular weight is 313 g/mol. The van der Waals surface area contributed by atoms with Crippen LogP contribution in [0.2, 0.25) is 0 Å². The van der Waals surface area contributed by atoms with E-state index < -0.39 is 0 Å². The maximum Gasteiger partial charge on any atom is 0.123 e. The number of rotatable bonds is 4. The molecule has 3 nitrogen and oxygen atoms in total. The fraction of sp³-hybridized carbons (Fsp3) is 0.118. The van der Waals surface area contributed by atoms with Crippen LogP contribution in [0.4, 0.5) is 4.39 Å². The second-order valence-electron chi connectivity index (χ2n) is 4.97. The molecule has 0 saturated heterocycles. The predicted molar refractivity (Wildman–Crippen MR) is 88.2 cm³/mol. The highest BCUT2D eigenvalue weighted by atomic mass is 32.2. The molecule has 3 rings (SSSR count). The first kappa shape index (κ1) is 14.8. The quantitative estimate of drug-likeness (QED) is 0.716. The van der Waals surface area contributed by atoms with E-state index in [1.54, 1.807) is 23.9 Å². The number of nitrogens with zero attached hydrogens (tertiary/aromatic N) is 1. The van der Waals surface area contributed by atoms with E-state index in [1.807, 2.05) is 24.5 Å². The summed E-state index contributed by atoms with van der Waals surface area (Å²) in [6.45, 7) is 0. The molecule has 0 amide bonds. The number of hydrogen-bond acceptors (Lipinski definition) is 3.